The van der Waals surface area contributed by atoms with Crippen LogP contribution in [0.15, 0.2) is 23.1 Å². The highest BCUT2D eigenvalue weighted by atomic mass is 32.2. The van der Waals surface area contributed by atoms with E-state index < -0.39 is 10.0 Å². The summed E-state index contributed by atoms with van der Waals surface area (Å²) in [6.45, 7) is 9.03. The molecule has 0 aliphatic carbocycles. The minimum absolute atomic E-state index is 0.126. The molecule has 0 saturated carbocycles. The lowest BCUT2D eigenvalue weighted by Gasteiger charge is -2.33. The molecule has 2 amide bonds. The maximum Gasteiger partial charge on any atom is 0.409 e. The average molecular weight is 497 g/mol. The second kappa shape index (κ2) is 11.9. The van der Waals surface area contributed by atoms with Crippen LogP contribution in [0.2, 0.25) is 0 Å². The summed E-state index contributed by atoms with van der Waals surface area (Å²) in [6.07, 6.45) is 2.24. The molecule has 0 bridgehead atoms. The molecule has 3 rings (SSSR count). The van der Waals surface area contributed by atoms with Crippen molar-refractivity contribution in [3.8, 4) is 5.75 Å². The Balaban J connectivity index is 1.68. The predicted octanol–water partition coefficient (Wildman–Crippen LogP) is 2.36. The van der Waals surface area contributed by atoms with Crippen LogP contribution in [0.1, 0.15) is 40.0 Å². The van der Waals surface area contributed by atoms with Gasteiger partial charge in [0, 0.05) is 39.3 Å². The fourth-order valence-electron chi connectivity index (χ4n) is 4.07. The fourth-order valence-corrected chi connectivity index (χ4v) is 5.62. The number of nitrogens with one attached hydrogen (secondary N) is 1. The summed E-state index contributed by atoms with van der Waals surface area (Å²) in [5, 5.41) is 2.84. The van der Waals surface area contributed by atoms with Crippen molar-refractivity contribution < 1.29 is 27.5 Å². The lowest BCUT2D eigenvalue weighted by molar-refractivity contribution is -0.117. The first kappa shape index (κ1) is 26.2. The lowest BCUT2D eigenvalue weighted by Crippen LogP contribution is -2.50. The normalized spacial score (nSPS) is 18.1. The molecule has 0 unspecified atom stereocenters. The number of ether oxygens (including phenoxy) is 2. The van der Waals surface area contributed by atoms with Gasteiger partial charge < -0.3 is 19.7 Å². The van der Waals surface area contributed by atoms with E-state index in [2.05, 4.69) is 5.32 Å². The van der Waals surface area contributed by atoms with Crippen LogP contribution in [0.4, 0.5) is 10.5 Å². The Labute approximate surface area is 202 Å². The van der Waals surface area contributed by atoms with E-state index in [1.54, 1.807) is 17.9 Å². The molecule has 34 heavy (non-hydrogen) atoms. The Kier molecular flexibility index (Phi) is 9.15. The second-order valence-corrected chi connectivity index (χ2v) is 10.7. The van der Waals surface area contributed by atoms with E-state index in [-0.39, 0.29) is 29.5 Å². The van der Waals surface area contributed by atoms with Crippen molar-refractivity contribution in [1.29, 1.82) is 0 Å². The summed E-state index contributed by atoms with van der Waals surface area (Å²) in [4.78, 5) is 28.4. The van der Waals surface area contributed by atoms with E-state index in [1.165, 1.54) is 16.4 Å². The molecule has 0 atom stereocenters. The summed E-state index contributed by atoms with van der Waals surface area (Å²) in [5.74, 6) is 0.152. The van der Waals surface area contributed by atoms with Crippen molar-refractivity contribution in [1.82, 2.24) is 14.1 Å². The van der Waals surface area contributed by atoms with E-state index in [0.717, 1.165) is 19.3 Å². The molecule has 1 aromatic carbocycles. The summed E-state index contributed by atoms with van der Waals surface area (Å²) in [7, 11) is -3.65. The second-order valence-electron chi connectivity index (χ2n) is 8.80. The lowest BCUT2D eigenvalue weighted by atomic mass is 10.2. The maximum absolute atomic E-state index is 13.1. The van der Waals surface area contributed by atoms with Crippen molar-refractivity contribution in [3.05, 3.63) is 18.2 Å². The van der Waals surface area contributed by atoms with Gasteiger partial charge in [-0.25, -0.2) is 13.2 Å². The predicted molar refractivity (Wildman–Crippen MR) is 128 cm³/mol. The summed E-state index contributed by atoms with van der Waals surface area (Å²) < 4.78 is 38.6. The molecule has 0 aromatic heterocycles. The van der Waals surface area contributed by atoms with Crippen molar-refractivity contribution in [2.75, 3.05) is 57.7 Å². The van der Waals surface area contributed by atoms with Crippen LogP contribution in [0.25, 0.3) is 0 Å². The Bertz CT molecular complexity index is 954. The van der Waals surface area contributed by atoms with Gasteiger partial charge in [-0.3, -0.25) is 9.69 Å². The molecular formula is C23H36N4O6S. The highest BCUT2D eigenvalue weighted by molar-refractivity contribution is 7.89. The largest absolute Gasteiger partial charge is 0.489 e. The number of nitrogens with zero attached hydrogens (tertiary/aromatic N) is 3. The van der Waals surface area contributed by atoms with Crippen LogP contribution < -0.4 is 10.1 Å². The van der Waals surface area contributed by atoms with Crippen LogP contribution in [-0.4, -0.2) is 93.0 Å². The molecule has 2 heterocycles. The van der Waals surface area contributed by atoms with Crippen molar-refractivity contribution in [2.24, 2.45) is 0 Å². The number of carbonyl (C=O) groups is 2. The first-order valence-corrected chi connectivity index (χ1v) is 13.4. The molecule has 1 aromatic rings. The molecule has 2 fully saturated rings. The van der Waals surface area contributed by atoms with Gasteiger partial charge in [-0.1, -0.05) is 6.42 Å². The first-order valence-electron chi connectivity index (χ1n) is 12.0. The number of anilines is 1. The fraction of sp³-hybridized carbons (Fsp3) is 0.652. The molecule has 2 saturated heterocycles. The molecule has 0 radical (unpaired) electrons. The van der Waals surface area contributed by atoms with Crippen molar-refractivity contribution >= 4 is 27.7 Å². The zero-order valence-electron chi connectivity index (χ0n) is 20.3. The van der Waals surface area contributed by atoms with E-state index in [1.807, 2.05) is 18.7 Å². The van der Waals surface area contributed by atoms with Gasteiger partial charge >= 0.3 is 6.09 Å². The molecule has 1 N–H and O–H groups in total. The zero-order valence-corrected chi connectivity index (χ0v) is 21.1. The smallest absolute Gasteiger partial charge is 0.409 e. The number of amides is 2. The summed E-state index contributed by atoms with van der Waals surface area (Å²) >= 11 is 0. The standard InChI is InChI=1S/C23H36N4O6S/c1-4-32-23(29)26-14-12-25(13-15-26)17-22(28)24-20-16-19(8-9-21(20)33-18(2)3)34(30,31)27-10-6-5-7-11-27/h8-9,16,18H,4-7,10-15,17H2,1-3H3,(H,24,28). The molecule has 0 spiro atoms. The Morgan fingerprint density at radius 2 is 1.71 bits per heavy atom. The van der Waals surface area contributed by atoms with Gasteiger partial charge in [0.25, 0.3) is 0 Å². The third-order valence-corrected chi connectivity index (χ3v) is 7.70. The first-order chi connectivity index (χ1) is 16.2. The number of hydrogen-bond acceptors (Lipinski definition) is 7. The maximum atomic E-state index is 13.1. The molecule has 11 heteroatoms. The average Bonchev–Trinajstić information content (AvgIpc) is 2.81. The zero-order chi connectivity index (χ0) is 24.7. The van der Waals surface area contributed by atoms with Crippen LogP contribution in [0.3, 0.4) is 0 Å². The van der Waals surface area contributed by atoms with Crippen LogP contribution in [0, 0.1) is 0 Å². The number of carbonyl (C=O) groups excluding carboxylic acids is 2. The summed E-state index contributed by atoms with van der Waals surface area (Å²) in [5.41, 5.74) is 0.335. The van der Waals surface area contributed by atoms with E-state index in [0.29, 0.717) is 57.3 Å². The summed E-state index contributed by atoms with van der Waals surface area (Å²) in [6, 6.07) is 4.62. The van der Waals surface area contributed by atoms with Gasteiger partial charge in [0.05, 0.1) is 29.8 Å². The highest BCUT2D eigenvalue weighted by Crippen LogP contribution is 2.31. The van der Waals surface area contributed by atoms with E-state index in [4.69, 9.17) is 9.47 Å². The quantitative estimate of drug-likeness (QED) is 0.589. The third kappa shape index (κ3) is 6.83. The van der Waals surface area contributed by atoms with Gasteiger partial charge in [0.2, 0.25) is 15.9 Å². The Hall–Kier alpha value is -2.37. The minimum atomic E-state index is -3.65. The van der Waals surface area contributed by atoms with Gasteiger partial charge in [0.1, 0.15) is 5.75 Å². The Morgan fingerprint density at radius 3 is 2.32 bits per heavy atom. The van der Waals surface area contributed by atoms with E-state index >= 15 is 0 Å². The SMILES string of the molecule is CCOC(=O)N1CCN(CC(=O)Nc2cc(S(=O)(=O)N3CCCCC3)ccc2OC(C)C)CC1. The number of rotatable bonds is 8. The molecule has 10 nitrogen and oxygen atoms in total. The highest BCUT2D eigenvalue weighted by Gasteiger charge is 2.28. The van der Waals surface area contributed by atoms with Crippen molar-refractivity contribution in [3.63, 3.8) is 0 Å². The molecule has 2 aliphatic rings. The number of piperazine rings is 1. The molecular weight excluding hydrogens is 460 g/mol. The molecule has 2 aliphatic heterocycles. The van der Waals surface area contributed by atoms with Gasteiger partial charge in [-0.15, -0.1) is 0 Å². The monoisotopic (exact) mass is 496 g/mol. The molecule has 190 valence electrons. The Morgan fingerprint density at radius 1 is 1.03 bits per heavy atom. The number of benzene rings is 1. The van der Waals surface area contributed by atoms with Crippen molar-refractivity contribution in [2.45, 2.75) is 51.0 Å². The number of sulfonamides is 1. The van der Waals surface area contributed by atoms with Gasteiger partial charge in [-0.05, 0) is 51.8 Å². The third-order valence-electron chi connectivity index (χ3n) is 5.81. The van der Waals surface area contributed by atoms with Crippen LogP contribution in [-0.2, 0) is 19.6 Å². The van der Waals surface area contributed by atoms with E-state index in [9.17, 15) is 18.0 Å². The van der Waals surface area contributed by atoms with Crippen LogP contribution in [0.5, 0.6) is 5.75 Å². The number of piperidine rings is 1. The van der Waals surface area contributed by atoms with Crippen LogP contribution >= 0.6 is 0 Å². The van der Waals surface area contributed by atoms with Gasteiger partial charge in [-0.2, -0.15) is 4.31 Å². The van der Waals surface area contributed by atoms with Gasteiger partial charge in [0.15, 0.2) is 0 Å². The minimum Gasteiger partial charge on any atom is -0.489 e. The number of hydrogen-bond donors (Lipinski definition) is 1. The topological polar surface area (TPSA) is 108 Å².